The molecule has 0 aliphatic heterocycles. The van der Waals surface area contributed by atoms with Crippen LogP contribution in [0.15, 0.2) is 24.3 Å². The molecule has 20 heavy (non-hydrogen) atoms. The van der Waals surface area contributed by atoms with Crippen LogP contribution in [0.3, 0.4) is 0 Å². The minimum Gasteiger partial charge on any atom is -0.507 e. The van der Waals surface area contributed by atoms with Gasteiger partial charge < -0.3 is 5.11 Å². The first-order valence-electron chi connectivity index (χ1n) is 7.03. The van der Waals surface area contributed by atoms with Crippen molar-refractivity contribution < 1.29 is 14.7 Å². The van der Waals surface area contributed by atoms with Crippen molar-refractivity contribution in [3.8, 4) is 5.75 Å². The molecule has 5 nitrogen and oxygen atoms in total. The molecular weight excluding hydrogens is 256 g/mol. The van der Waals surface area contributed by atoms with Gasteiger partial charge in [-0.15, -0.1) is 0 Å². The van der Waals surface area contributed by atoms with E-state index in [4.69, 9.17) is 0 Å². The van der Waals surface area contributed by atoms with Crippen LogP contribution in [0.5, 0.6) is 5.75 Å². The van der Waals surface area contributed by atoms with Gasteiger partial charge in [-0.1, -0.05) is 18.6 Å². The van der Waals surface area contributed by atoms with Crippen molar-refractivity contribution in [1.82, 2.24) is 10.9 Å². The summed E-state index contributed by atoms with van der Waals surface area (Å²) < 4.78 is 0. The van der Waals surface area contributed by atoms with Crippen LogP contribution in [0.25, 0.3) is 0 Å². The van der Waals surface area contributed by atoms with E-state index in [2.05, 4.69) is 10.9 Å². The van der Waals surface area contributed by atoms with Crippen LogP contribution >= 0.6 is 0 Å². The number of benzene rings is 1. The van der Waals surface area contributed by atoms with Gasteiger partial charge in [-0.2, -0.15) is 0 Å². The van der Waals surface area contributed by atoms with Crippen LogP contribution in [0.1, 0.15) is 36.0 Å². The van der Waals surface area contributed by atoms with Crippen molar-refractivity contribution in [3.63, 3.8) is 0 Å². The summed E-state index contributed by atoms with van der Waals surface area (Å²) in [5.74, 6) is 0.477. The topological polar surface area (TPSA) is 78.4 Å². The monoisotopic (exact) mass is 274 g/mol. The van der Waals surface area contributed by atoms with E-state index in [1.807, 2.05) is 0 Å². The summed E-state index contributed by atoms with van der Waals surface area (Å²) in [5.41, 5.74) is 5.02. The maximum absolute atomic E-state index is 12.1. The predicted octanol–water partition coefficient (Wildman–Crippen LogP) is 1.59. The number of hydrogen-bond donors (Lipinski definition) is 3. The average molecular weight is 274 g/mol. The van der Waals surface area contributed by atoms with Gasteiger partial charge in [0.05, 0.1) is 5.56 Å². The van der Waals surface area contributed by atoms with Crippen molar-refractivity contribution in [1.29, 1.82) is 0 Å². The number of rotatable bonds is 2. The second-order valence-electron chi connectivity index (χ2n) is 5.74. The summed E-state index contributed by atoms with van der Waals surface area (Å²) in [6, 6.07) is 6.24. The summed E-state index contributed by atoms with van der Waals surface area (Å²) in [6.45, 7) is 0. The maximum atomic E-state index is 12.1. The highest BCUT2D eigenvalue weighted by Gasteiger charge is 2.43. The number of nitrogens with one attached hydrogen (secondary N) is 2. The quantitative estimate of drug-likeness (QED) is 0.717. The van der Waals surface area contributed by atoms with Crippen LogP contribution < -0.4 is 10.9 Å². The number of carbonyl (C=O) groups excluding carboxylic acids is 2. The van der Waals surface area contributed by atoms with Gasteiger partial charge in [0.25, 0.3) is 5.91 Å². The average Bonchev–Trinajstić information content (AvgIpc) is 3.07. The predicted molar refractivity (Wildman–Crippen MR) is 72.7 cm³/mol. The normalized spacial score (nSPS) is 27.3. The molecule has 2 aliphatic carbocycles. The molecule has 0 spiro atoms. The van der Waals surface area contributed by atoms with Gasteiger partial charge in [0.15, 0.2) is 0 Å². The molecule has 0 radical (unpaired) electrons. The number of phenolic OH excluding ortho intramolecular Hbond substituents is 1. The Morgan fingerprint density at radius 3 is 2.55 bits per heavy atom. The number of para-hydroxylation sites is 1. The van der Waals surface area contributed by atoms with E-state index in [1.165, 1.54) is 18.6 Å². The molecule has 0 saturated heterocycles. The van der Waals surface area contributed by atoms with E-state index in [9.17, 15) is 14.7 Å². The molecule has 3 rings (SSSR count). The third-order valence-electron chi connectivity index (χ3n) is 4.52. The molecule has 5 heteroatoms. The Morgan fingerprint density at radius 1 is 1.10 bits per heavy atom. The highest BCUT2D eigenvalue weighted by atomic mass is 16.3. The fourth-order valence-corrected chi connectivity index (χ4v) is 3.51. The number of carbonyl (C=O) groups is 2. The molecule has 3 N–H and O–H groups in total. The Bertz CT molecular complexity index is 544. The summed E-state index contributed by atoms with van der Waals surface area (Å²) in [6.07, 6.45) is 4.43. The Kier molecular flexibility index (Phi) is 3.34. The molecule has 1 aromatic rings. The van der Waals surface area contributed by atoms with Crippen LogP contribution in [0, 0.1) is 17.8 Å². The SMILES string of the molecule is O=C(NNC(=O)C1CC2CCC1C2)c1ccccc1O. The number of phenols is 1. The fraction of sp³-hybridized carbons (Fsp3) is 0.467. The van der Waals surface area contributed by atoms with Gasteiger partial charge in [-0.3, -0.25) is 20.4 Å². The first-order chi connectivity index (χ1) is 9.65. The van der Waals surface area contributed by atoms with Gasteiger partial charge in [0, 0.05) is 5.92 Å². The van der Waals surface area contributed by atoms with E-state index >= 15 is 0 Å². The Balaban J connectivity index is 1.56. The lowest BCUT2D eigenvalue weighted by molar-refractivity contribution is -0.127. The molecule has 1 aromatic carbocycles. The molecule has 2 saturated carbocycles. The van der Waals surface area contributed by atoms with E-state index in [1.54, 1.807) is 12.1 Å². The van der Waals surface area contributed by atoms with Gasteiger partial charge in [0.1, 0.15) is 5.75 Å². The maximum Gasteiger partial charge on any atom is 0.273 e. The molecule has 2 fully saturated rings. The zero-order valence-corrected chi connectivity index (χ0v) is 11.1. The van der Waals surface area contributed by atoms with Crippen LogP contribution in [0.2, 0.25) is 0 Å². The number of hydrogen-bond acceptors (Lipinski definition) is 3. The molecule has 0 aromatic heterocycles. The van der Waals surface area contributed by atoms with Crippen molar-refractivity contribution in [3.05, 3.63) is 29.8 Å². The first-order valence-corrected chi connectivity index (χ1v) is 7.03. The Hall–Kier alpha value is -2.04. The number of hydrazine groups is 1. The van der Waals surface area contributed by atoms with Crippen molar-refractivity contribution in [2.75, 3.05) is 0 Å². The standard InChI is InChI=1S/C15H18N2O3/c18-13-4-2-1-3-11(13)14(19)16-17-15(20)12-8-9-5-6-10(12)7-9/h1-4,9-10,12,18H,5-8H2,(H,16,19)(H,17,20). The van der Waals surface area contributed by atoms with E-state index < -0.39 is 5.91 Å². The molecular formula is C15H18N2O3. The highest BCUT2D eigenvalue weighted by Crippen LogP contribution is 2.48. The lowest BCUT2D eigenvalue weighted by atomic mass is 9.88. The first kappa shape index (κ1) is 13.0. The second kappa shape index (κ2) is 5.15. The molecule has 0 heterocycles. The van der Waals surface area contributed by atoms with E-state index in [0.29, 0.717) is 11.8 Å². The number of fused-ring (bicyclic) bond motifs is 2. The summed E-state index contributed by atoms with van der Waals surface area (Å²) in [4.78, 5) is 23.9. The third kappa shape index (κ3) is 2.35. The molecule has 3 atom stereocenters. The van der Waals surface area contributed by atoms with Gasteiger partial charge in [0.2, 0.25) is 5.91 Å². The van der Waals surface area contributed by atoms with Crippen LogP contribution in [-0.4, -0.2) is 16.9 Å². The number of amides is 2. The minimum atomic E-state index is -0.500. The van der Waals surface area contributed by atoms with E-state index in [-0.39, 0.29) is 23.1 Å². The zero-order chi connectivity index (χ0) is 14.1. The second-order valence-corrected chi connectivity index (χ2v) is 5.74. The molecule has 2 bridgehead atoms. The van der Waals surface area contributed by atoms with Crippen molar-refractivity contribution in [2.45, 2.75) is 25.7 Å². The van der Waals surface area contributed by atoms with Gasteiger partial charge in [-0.25, -0.2) is 0 Å². The van der Waals surface area contributed by atoms with Crippen LogP contribution in [0.4, 0.5) is 0 Å². The fourth-order valence-electron chi connectivity index (χ4n) is 3.51. The van der Waals surface area contributed by atoms with Gasteiger partial charge >= 0.3 is 0 Å². The smallest absolute Gasteiger partial charge is 0.273 e. The Labute approximate surface area is 117 Å². The summed E-state index contributed by atoms with van der Waals surface area (Å²) >= 11 is 0. The number of aromatic hydroxyl groups is 1. The Morgan fingerprint density at radius 2 is 1.90 bits per heavy atom. The highest BCUT2D eigenvalue weighted by molar-refractivity contribution is 5.97. The third-order valence-corrected chi connectivity index (χ3v) is 4.52. The van der Waals surface area contributed by atoms with Crippen molar-refractivity contribution >= 4 is 11.8 Å². The molecule has 2 aliphatic rings. The summed E-state index contributed by atoms with van der Waals surface area (Å²) in [5, 5.41) is 9.57. The minimum absolute atomic E-state index is 0.0263. The lowest BCUT2D eigenvalue weighted by Crippen LogP contribution is -2.45. The van der Waals surface area contributed by atoms with Gasteiger partial charge in [-0.05, 0) is 43.2 Å². The van der Waals surface area contributed by atoms with E-state index in [0.717, 1.165) is 19.3 Å². The van der Waals surface area contributed by atoms with Crippen molar-refractivity contribution in [2.24, 2.45) is 17.8 Å². The molecule has 106 valence electrons. The largest absolute Gasteiger partial charge is 0.507 e. The zero-order valence-electron chi connectivity index (χ0n) is 11.1. The summed E-state index contributed by atoms with van der Waals surface area (Å²) in [7, 11) is 0. The van der Waals surface area contributed by atoms with Crippen LogP contribution in [-0.2, 0) is 4.79 Å². The lowest BCUT2D eigenvalue weighted by Gasteiger charge is -2.20. The molecule has 3 unspecified atom stereocenters. The molecule has 2 amide bonds.